The first kappa shape index (κ1) is 18.0. The number of benzene rings is 1. The van der Waals surface area contributed by atoms with E-state index in [4.69, 9.17) is 4.74 Å². The van der Waals surface area contributed by atoms with Gasteiger partial charge in [0.05, 0.1) is 17.7 Å². The highest BCUT2D eigenvalue weighted by atomic mass is 32.2. The van der Waals surface area contributed by atoms with Crippen molar-refractivity contribution in [3.8, 4) is 17.0 Å². The van der Waals surface area contributed by atoms with E-state index in [-0.39, 0.29) is 17.2 Å². The van der Waals surface area contributed by atoms with Crippen molar-refractivity contribution in [1.29, 1.82) is 0 Å². The third-order valence-corrected chi connectivity index (χ3v) is 5.10. The van der Waals surface area contributed by atoms with Gasteiger partial charge in [-0.2, -0.15) is 0 Å². The highest BCUT2D eigenvalue weighted by molar-refractivity contribution is 7.89. The summed E-state index contributed by atoms with van der Waals surface area (Å²) in [5.74, 6) is -0.751. The summed E-state index contributed by atoms with van der Waals surface area (Å²) in [7, 11) is -2.55. The Morgan fingerprint density at radius 2 is 1.85 bits per heavy atom. The molecule has 0 fully saturated rings. The van der Waals surface area contributed by atoms with Gasteiger partial charge in [0, 0.05) is 30.7 Å². The number of methoxy groups -OCH3 is 1. The predicted octanol–water partition coefficient (Wildman–Crippen LogP) is 2.77. The molecule has 26 heavy (non-hydrogen) atoms. The number of hydrogen-bond acceptors (Lipinski definition) is 5. The average Bonchev–Trinajstić information content (AvgIpc) is 2.67. The Labute approximate surface area is 150 Å². The Balaban J connectivity index is 1.77. The molecule has 0 saturated heterocycles. The van der Waals surface area contributed by atoms with Crippen LogP contribution in [0.5, 0.6) is 5.75 Å². The number of hydrogen-bond donors (Lipinski definition) is 1. The van der Waals surface area contributed by atoms with Gasteiger partial charge >= 0.3 is 0 Å². The van der Waals surface area contributed by atoms with Gasteiger partial charge in [0.1, 0.15) is 0 Å². The van der Waals surface area contributed by atoms with Crippen molar-refractivity contribution in [2.45, 2.75) is 11.4 Å². The van der Waals surface area contributed by atoms with Crippen molar-refractivity contribution in [3.05, 3.63) is 72.4 Å². The standard InChI is InChI=1S/C18H16FN3O3S/c1-25-18-3-2-15(11-16(18)19)26(23,24)22-12-13-4-9-21-17(10-13)14-5-7-20-8-6-14/h2-11,22H,12H2,1H3. The van der Waals surface area contributed by atoms with E-state index in [1.165, 1.54) is 19.2 Å². The molecule has 8 heteroatoms. The summed E-state index contributed by atoms with van der Waals surface area (Å²) in [4.78, 5) is 8.06. The lowest BCUT2D eigenvalue weighted by molar-refractivity contribution is 0.385. The molecule has 0 saturated carbocycles. The maximum Gasteiger partial charge on any atom is 0.240 e. The molecule has 0 bridgehead atoms. The lowest BCUT2D eigenvalue weighted by Crippen LogP contribution is -2.23. The van der Waals surface area contributed by atoms with E-state index < -0.39 is 15.8 Å². The van der Waals surface area contributed by atoms with E-state index in [0.717, 1.165) is 17.2 Å². The lowest BCUT2D eigenvalue weighted by atomic mass is 10.1. The molecule has 6 nitrogen and oxygen atoms in total. The smallest absolute Gasteiger partial charge is 0.240 e. The van der Waals surface area contributed by atoms with Crippen LogP contribution >= 0.6 is 0 Å². The largest absolute Gasteiger partial charge is 0.494 e. The number of rotatable bonds is 6. The van der Waals surface area contributed by atoms with E-state index in [0.29, 0.717) is 5.69 Å². The molecule has 0 spiro atoms. The molecule has 2 heterocycles. The second-order valence-corrected chi connectivity index (χ2v) is 7.17. The second-order valence-electron chi connectivity index (χ2n) is 5.41. The Kier molecular flexibility index (Phi) is 5.24. The van der Waals surface area contributed by atoms with Crippen LogP contribution in [0.2, 0.25) is 0 Å². The van der Waals surface area contributed by atoms with Gasteiger partial charge in [-0.1, -0.05) is 0 Å². The molecule has 0 atom stereocenters. The first-order chi connectivity index (χ1) is 12.5. The fourth-order valence-corrected chi connectivity index (χ4v) is 3.37. The summed E-state index contributed by atoms with van der Waals surface area (Å²) in [6.45, 7) is 0.0522. The van der Waals surface area contributed by atoms with Gasteiger partial charge in [-0.15, -0.1) is 0 Å². The number of ether oxygens (including phenoxy) is 1. The number of pyridine rings is 2. The minimum absolute atomic E-state index is 0.0138. The summed E-state index contributed by atoms with van der Waals surface area (Å²) in [5.41, 5.74) is 2.31. The van der Waals surface area contributed by atoms with E-state index in [9.17, 15) is 12.8 Å². The summed E-state index contributed by atoms with van der Waals surface area (Å²) >= 11 is 0. The van der Waals surface area contributed by atoms with Crippen molar-refractivity contribution >= 4 is 10.0 Å². The molecule has 0 aliphatic heterocycles. The first-order valence-corrected chi connectivity index (χ1v) is 9.16. The summed E-state index contributed by atoms with van der Waals surface area (Å²) in [6, 6.07) is 10.6. The molecular weight excluding hydrogens is 357 g/mol. The average molecular weight is 373 g/mol. The Hall–Kier alpha value is -2.84. The number of nitrogens with one attached hydrogen (secondary N) is 1. The predicted molar refractivity (Wildman–Crippen MR) is 94.4 cm³/mol. The molecule has 2 aromatic heterocycles. The molecule has 3 aromatic rings. The SMILES string of the molecule is COc1ccc(S(=O)(=O)NCc2ccnc(-c3ccncc3)c2)cc1F. The van der Waals surface area contributed by atoms with Crippen molar-refractivity contribution in [2.24, 2.45) is 0 Å². The van der Waals surface area contributed by atoms with Crippen molar-refractivity contribution in [1.82, 2.24) is 14.7 Å². The van der Waals surface area contributed by atoms with Crippen LogP contribution in [0.1, 0.15) is 5.56 Å². The van der Waals surface area contributed by atoms with Crippen LogP contribution in [0.4, 0.5) is 4.39 Å². The Bertz CT molecular complexity index is 1010. The van der Waals surface area contributed by atoms with Crippen LogP contribution in [0.3, 0.4) is 0 Å². The third-order valence-electron chi connectivity index (χ3n) is 3.70. The first-order valence-electron chi connectivity index (χ1n) is 7.68. The zero-order valence-electron chi connectivity index (χ0n) is 13.9. The maximum absolute atomic E-state index is 13.8. The highest BCUT2D eigenvalue weighted by Gasteiger charge is 2.16. The molecular formula is C18H16FN3O3S. The van der Waals surface area contributed by atoms with Crippen molar-refractivity contribution < 1.29 is 17.5 Å². The minimum Gasteiger partial charge on any atom is -0.494 e. The van der Waals surface area contributed by atoms with Crippen molar-refractivity contribution in [2.75, 3.05) is 7.11 Å². The van der Waals surface area contributed by atoms with Crippen LogP contribution in [-0.4, -0.2) is 25.5 Å². The normalized spacial score (nSPS) is 11.3. The van der Waals surface area contributed by atoms with E-state index >= 15 is 0 Å². The molecule has 1 N–H and O–H groups in total. The number of aromatic nitrogens is 2. The molecule has 3 rings (SSSR count). The lowest BCUT2D eigenvalue weighted by Gasteiger charge is -2.09. The van der Waals surface area contributed by atoms with Crippen LogP contribution in [0.15, 0.2) is 66.0 Å². The van der Waals surface area contributed by atoms with Crippen LogP contribution in [-0.2, 0) is 16.6 Å². The van der Waals surface area contributed by atoms with Crippen LogP contribution in [0, 0.1) is 5.82 Å². The molecule has 134 valence electrons. The quantitative estimate of drug-likeness (QED) is 0.719. The van der Waals surface area contributed by atoms with Crippen molar-refractivity contribution in [3.63, 3.8) is 0 Å². The minimum atomic E-state index is -3.86. The molecule has 0 radical (unpaired) electrons. The van der Waals surface area contributed by atoms with Gasteiger partial charge < -0.3 is 4.74 Å². The Morgan fingerprint density at radius 3 is 2.54 bits per heavy atom. The number of nitrogens with zero attached hydrogens (tertiary/aromatic N) is 2. The molecule has 0 aliphatic carbocycles. The van der Waals surface area contributed by atoms with Gasteiger partial charge in [0.15, 0.2) is 11.6 Å². The third kappa shape index (κ3) is 4.04. The fraction of sp³-hybridized carbons (Fsp3) is 0.111. The van der Waals surface area contributed by atoms with E-state index in [2.05, 4.69) is 14.7 Å². The summed E-state index contributed by atoms with van der Waals surface area (Å²) in [5, 5.41) is 0. The second kappa shape index (κ2) is 7.59. The highest BCUT2D eigenvalue weighted by Crippen LogP contribution is 2.21. The molecule has 0 amide bonds. The molecule has 0 unspecified atom stereocenters. The monoisotopic (exact) mass is 373 g/mol. The molecule has 0 aliphatic rings. The van der Waals surface area contributed by atoms with Gasteiger partial charge in [-0.05, 0) is 48.0 Å². The summed E-state index contributed by atoms with van der Waals surface area (Å²) in [6.07, 6.45) is 4.92. The fourth-order valence-electron chi connectivity index (χ4n) is 2.34. The summed E-state index contributed by atoms with van der Waals surface area (Å²) < 4.78 is 45.7. The van der Waals surface area contributed by atoms with Gasteiger partial charge in [-0.25, -0.2) is 17.5 Å². The van der Waals surface area contributed by atoms with E-state index in [1.54, 1.807) is 30.7 Å². The van der Waals surface area contributed by atoms with Gasteiger partial charge in [0.25, 0.3) is 0 Å². The maximum atomic E-state index is 13.8. The zero-order chi connectivity index (χ0) is 18.6. The Morgan fingerprint density at radius 1 is 1.08 bits per heavy atom. The van der Waals surface area contributed by atoms with Crippen LogP contribution in [0.25, 0.3) is 11.3 Å². The number of halogens is 1. The van der Waals surface area contributed by atoms with Gasteiger partial charge in [-0.3, -0.25) is 9.97 Å². The number of sulfonamides is 1. The topological polar surface area (TPSA) is 81.2 Å². The van der Waals surface area contributed by atoms with Gasteiger partial charge in [0.2, 0.25) is 10.0 Å². The van der Waals surface area contributed by atoms with E-state index in [1.807, 2.05) is 12.1 Å². The van der Waals surface area contributed by atoms with Crippen LogP contribution < -0.4 is 9.46 Å². The zero-order valence-corrected chi connectivity index (χ0v) is 14.7. The molecule has 1 aromatic carbocycles.